The van der Waals surface area contributed by atoms with Crippen molar-refractivity contribution in [2.75, 3.05) is 5.73 Å². The van der Waals surface area contributed by atoms with Gasteiger partial charge >= 0.3 is 5.97 Å². The molecule has 0 aliphatic heterocycles. The molecule has 0 saturated heterocycles. The van der Waals surface area contributed by atoms with Gasteiger partial charge in [-0.3, -0.25) is 0 Å². The summed E-state index contributed by atoms with van der Waals surface area (Å²) in [6.45, 7) is 1.89. The van der Waals surface area contributed by atoms with Gasteiger partial charge in [-0.2, -0.15) is 0 Å². The molecule has 112 valence electrons. The number of carboxylic acids is 1. The van der Waals surface area contributed by atoms with Crippen LogP contribution in [0.5, 0.6) is 0 Å². The van der Waals surface area contributed by atoms with E-state index in [1.807, 2.05) is 66.1 Å². The minimum Gasteiger partial charge on any atom is -0.480 e. The average molecular weight is 294 g/mol. The van der Waals surface area contributed by atoms with Crippen LogP contribution in [0, 0.1) is 0 Å². The molecule has 0 aliphatic rings. The Hall–Kier alpha value is -2.75. The quantitative estimate of drug-likeness (QED) is 0.716. The van der Waals surface area contributed by atoms with E-state index in [4.69, 9.17) is 5.73 Å². The smallest absolute Gasteiger partial charge is 0.326 e. The van der Waals surface area contributed by atoms with E-state index in [0.29, 0.717) is 12.1 Å². The molecule has 2 aromatic carbocycles. The predicted octanol–water partition coefficient (Wildman–Crippen LogP) is 3.93. The summed E-state index contributed by atoms with van der Waals surface area (Å²) in [5.74, 6) is -0.825. The van der Waals surface area contributed by atoms with Gasteiger partial charge in [-0.25, -0.2) is 4.79 Å². The van der Waals surface area contributed by atoms with Crippen LogP contribution in [0.1, 0.15) is 19.4 Å². The van der Waals surface area contributed by atoms with Crippen LogP contribution in [0.2, 0.25) is 0 Å². The number of carbonyl (C=O) groups is 1. The topological polar surface area (TPSA) is 68.2 Å². The number of hydrogen-bond donors (Lipinski definition) is 2. The molecule has 1 heterocycles. The predicted molar refractivity (Wildman–Crippen MR) is 88.8 cm³/mol. The van der Waals surface area contributed by atoms with Crippen molar-refractivity contribution in [3.05, 3.63) is 54.6 Å². The van der Waals surface area contributed by atoms with Crippen LogP contribution in [-0.4, -0.2) is 15.6 Å². The van der Waals surface area contributed by atoms with E-state index in [1.54, 1.807) is 0 Å². The second-order valence-corrected chi connectivity index (χ2v) is 5.35. The number of benzene rings is 2. The lowest BCUT2D eigenvalue weighted by Gasteiger charge is -2.18. The lowest BCUT2D eigenvalue weighted by molar-refractivity contribution is -0.140. The summed E-state index contributed by atoms with van der Waals surface area (Å²) < 4.78 is 1.90. The highest BCUT2D eigenvalue weighted by Crippen LogP contribution is 2.33. The van der Waals surface area contributed by atoms with E-state index in [1.165, 1.54) is 0 Å². The average Bonchev–Trinajstić information content (AvgIpc) is 2.87. The fourth-order valence-corrected chi connectivity index (χ4v) is 2.89. The number of hydrogen-bond acceptors (Lipinski definition) is 2. The van der Waals surface area contributed by atoms with Gasteiger partial charge in [0.2, 0.25) is 0 Å². The van der Waals surface area contributed by atoms with Crippen molar-refractivity contribution in [2.24, 2.45) is 0 Å². The third-order valence-electron chi connectivity index (χ3n) is 3.92. The minimum absolute atomic E-state index is 0.517. The molecule has 1 unspecified atom stereocenters. The number of aliphatic carboxylic acids is 1. The van der Waals surface area contributed by atoms with Gasteiger partial charge in [-0.15, -0.1) is 0 Å². The Labute approximate surface area is 128 Å². The summed E-state index contributed by atoms with van der Waals surface area (Å²) in [6.07, 6.45) is 0.517. The zero-order chi connectivity index (χ0) is 15.7. The molecule has 0 aliphatic carbocycles. The number of carboxylic acid groups (broad SMARTS) is 1. The Balaban J connectivity index is 2.33. The molecular formula is C18H18N2O2. The van der Waals surface area contributed by atoms with E-state index < -0.39 is 12.0 Å². The summed E-state index contributed by atoms with van der Waals surface area (Å²) in [5, 5.41) is 10.5. The second-order valence-electron chi connectivity index (χ2n) is 5.35. The molecule has 0 radical (unpaired) electrons. The maximum Gasteiger partial charge on any atom is 0.326 e. The summed E-state index contributed by atoms with van der Waals surface area (Å²) in [6, 6.07) is 16.8. The lowest BCUT2D eigenvalue weighted by Crippen LogP contribution is -2.18. The SMILES string of the molecule is CCC(C(=O)O)n1c(-c2ccccc2)cc2cc(N)ccc21. The first kappa shape index (κ1) is 14.2. The minimum atomic E-state index is -0.825. The molecule has 0 fully saturated rings. The van der Waals surface area contributed by atoms with E-state index in [0.717, 1.165) is 22.2 Å². The molecule has 0 bridgehead atoms. The van der Waals surface area contributed by atoms with Crippen LogP contribution >= 0.6 is 0 Å². The summed E-state index contributed by atoms with van der Waals surface area (Å²) in [5.41, 5.74) is 9.33. The first-order chi connectivity index (χ1) is 10.6. The Kier molecular flexibility index (Phi) is 3.59. The van der Waals surface area contributed by atoms with Gasteiger partial charge in [0.1, 0.15) is 6.04 Å². The second kappa shape index (κ2) is 5.56. The molecule has 0 spiro atoms. The Morgan fingerprint density at radius 2 is 1.91 bits per heavy atom. The number of nitrogens with zero attached hydrogens (tertiary/aromatic N) is 1. The first-order valence-corrected chi connectivity index (χ1v) is 7.30. The third-order valence-corrected chi connectivity index (χ3v) is 3.92. The van der Waals surface area contributed by atoms with Crippen molar-refractivity contribution < 1.29 is 9.90 Å². The van der Waals surface area contributed by atoms with E-state index in [-0.39, 0.29) is 0 Å². The molecule has 3 aromatic rings. The first-order valence-electron chi connectivity index (χ1n) is 7.30. The van der Waals surface area contributed by atoms with Crippen molar-refractivity contribution in [3.8, 4) is 11.3 Å². The summed E-state index contributed by atoms with van der Waals surface area (Å²) in [4.78, 5) is 11.7. The normalized spacial score (nSPS) is 12.4. The maximum atomic E-state index is 11.7. The molecule has 0 amide bonds. The number of nitrogens with two attached hydrogens (primary N) is 1. The largest absolute Gasteiger partial charge is 0.480 e. The standard InChI is InChI=1S/C18H18N2O2/c1-2-15(18(21)22)20-16-9-8-14(19)10-13(16)11-17(20)12-6-4-3-5-7-12/h3-11,15H,2,19H2,1H3,(H,21,22). The summed E-state index contributed by atoms with van der Waals surface area (Å²) in [7, 11) is 0. The summed E-state index contributed by atoms with van der Waals surface area (Å²) >= 11 is 0. The van der Waals surface area contributed by atoms with Crippen LogP contribution in [-0.2, 0) is 4.79 Å². The Morgan fingerprint density at radius 3 is 2.55 bits per heavy atom. The lowest BCUT2D eigenvalue weighted by atomic mass is 10.1. The molecule has 3 rings (SSSR count). The van der Waals surface area contributed by atoms with Gasteiger partial charge in [0.15, 0.2) is 0 Å². The van der Waals surface area contributed by atoms with Gasteiger partial charge in [-0.1, -0.05) is 37.3 Å². The van der Waals surface area contributed by atoms with Crippen molar-refractivity contribution in [1.82, 2.24) is 4.57 Å². The van der Waals surface area contributed by atoms with Gasteiger partial charge in [0, 0.05) is 22.3 Å². The number of nitrogen functional groups attached to an aromatic ring is 1. The van der Waals surface area contributed by atoms with Crippen LogP contribution in [0.25, 0.3) is 22.2 Å². The highest BCUT2D eigenvalue weighted by molar-refractivity contribution is 5.91. The fourth-order valence-electron chi connectivity index (χ4n) is 2.89. The zero-order valence-corrected chi connectivity index (χ0v) is 12.4. The molecule has 4 heteroatoms. The van der Waals surface area contributed by atoms with Crippen molar-refractivity contribution in [3.63, 3.8) is 0 Å². The monoisotopic (exact) mass is 294 g/mol. The van der Waals surface area contributed by atoms with Gasteiger partial charge in [-0.05, 0) is 36.2 Å². The number of aromatic nitrogens is 1. The maximum absolute atomic E-state index is 11.7. The molecule has 0 saturated carbocycles. The van der Waals surface area contributed by atoms with E-state index in [2.05, 4.69) is 0 Å². The zero-order valence-electron chi connectivity index (χ0n) is 12.4. The van der Waals surface area contributed by atoms with Crippen LogP contribution in [0.15, 0.2) is 54.6 Å². The molecule has 1 atom stereocenters. The van der Waals surface area contributed by atoms with E-state index in [9.17, 15) is 9.90 Å². The van der Waals surface area contributed by atoms with Gasteiger partial charge < -0.3 is 15.4 Å². The number of rotatable bonds is 4. The highest BCUT2D eigenvalue weighted by Gasteiger charge is 2.23. The molecule has 4 nitrogen and oxygen atoms in total. The number of fused-ring (bicyclic) bond motifs is 1. The Bertz CT molecular complexity index is 822. The molecule has 22 heavy (non-hydrogen) atoms. The molecule has 3 N–H and O–H groups in total. The Morgan fingerprint density at radius 1 is 1.18 bits per heavy atom. The van der Waals surface area contributed by atoms with E-state index >= 15 is 0 Å². The van der Waals surface area contributed by atoms with Crippen molar-refractivity contribution in [2.45, 2.75) is 19.4 Å². The van der Waals surface area contributed by atoms with Crippen molar-refractivity contribution >= 4 is 22.6 Å². The van der Waals surface area contributed by atoms with Gasteiger partial charge in [0.25, 0.3) is 0 Å². The van der Waals surface area contributed by atoms with Crippen LogP contribution in [0.4, 0.5) is 5.69 Å². The van der Waals surface area contributed by atoms with Crippen LogP contribution < -0.4 is 5.73 Å². The number of anilines is 1. The molecule has 1 aromatic heterocycles. The molecular weight excluding hydrogens is 276 g/mol. The fraction of sp³-hybridized carbons (Fsp3) is 0.167. The van der Waals surface area contributed by atoms with Crippen molar-refractivity contribution in [1.29, 1.82) is 0 Å². The third kappa shape index (κ3) is 2.33. The van der Waals surface area contributed by atoms with Crippen LogP contribution in [0.3, 0.4) is 0 Å². The highest BCUT2D eigenvalue weighted by atomic mass is 16.4. The van der Waals surface area contributed by atoms with Gasteiger partial charge in [0.05, 0.1) is 0 Å².